The fourth-order valence-electron chi connectivity index (χ4n) is 0.154. The lowest BCUT2D eigenvalue weighted by atomic mass is 10.8. The summed E-state index contributed by atoms with van der Waals surface area (Å²) in [5.74, 6) is 0. The highest BCUT2D eigenvalue weighted by Gasteiger charge is 1.87. The quantitative estimate of drug-likeness (QED) is 0.422. The van der Waals surface area contributed by atoms with E-state index in [1.807, 2.05) is 6.92 Å². The van der Waals surface area contributed by atoms with Crippen LogP contribution in [0.15, 0.2) is 0 Å². The van der Waals surface area contributed by atoms with E-state index in [4.69, 9.17) is 11.6 Å². The number of hydrogen-bond acceptors (Lipinski definition) is 1. The van der Waals surface area contributed by atoms with Gasteiger partial charge in [0, 0.05) is 0 Å². The minimum atomic E-state index is 0.0904. The van der Waals surface area contributed by atoms with E-state index >= 15 is 0 Å². The van der Waals surface area contributed by atoms with Crippen molar-refractivity contribution in [2.24, 2.45) is 0 Å². The molecule has 0 saturated heterocycles. The summed E-state index contributed by atoms with van der Waals surface area (Å²) in [5, 5.41) is 2.96. The zero-order chi connectivity index (χ0) is 4.99. The maximum absolute atomic E-state index is 5.45. The first-order valence-electron chi connectivity index (χ1n) is 1.79. The molecule has 0 aromatic carbocycles. The van der Waals surface area contributed by atoms with Crippen molar-refractivity contribution in [2.75, 3.05) is 6.54 Å². The van der Waals surface area contributed by atoms with Crippen molar-refractivity contribution in [1.29, 1.82) is 0 Å². The van der Waals surface area contributed by atoms with E-state index in [-0.39, 0.29) is 3.51 Å². The van der Waals surface area contributed by atoms with Crippen LogP contribution in [0.4, 0.5) is 0 Å². The molecule has 0 aliphatic rings. The lowest BCUT2D eigenvalue weighted by molar-refractivity contribution is 0.818. The third-order valence-electron chi connectivity index (χ3n) is 0.358. The van der Waals surface area contributed by atoms with Crippen molar-refractivity contribution in [3.63, 3.8) is 0 Å². The molecule has 0 saturated carbocycles. The Hall–Kier alpha value is 0.980. The molecule has 3 heteroatoms. The van der Waals surface area contributed by atoms with E-state index in [9.17, 15) is 0 Å². The predicted octanol–water partition coefficient (Wildman–Crippen LogP) is 1.55. The van der Waals surface area contributed by atoms with Crippen LogP contribution in [-0.2, 0) is 0 Å². The lowest BCUT2D eigenvalue weighted by Gasteiger charge is -1.96. The number of rotatable bonds is 2. The fraction of sp³-hybridized carbons (Fsp3) is 1.00. The van der Waals surface area contributed by atoms with Gasteiger partial charge in [0.1, 0.15) is 3.51 Å². The van der Waals surface area contributed by atoms with Gasteiger partial charge in [0.25, 0.3) is 0 Å². The summed E-state index contributed by atoms with van der Waals surface area (Å²) in [7, 11) is 0. The van der Waals surface area contributed by atoms with Crippen molar-refractivity contribution in [1.82, 2.24) is 5.32 Å². The van der Waals surface area contributed by atoms with E-state index in [0.29, 0.717) is 0 Å². The van der Waals surface area contributed by atoms with Crippen LogP contribution >= 0.6 is 34.2 Å². The van der Waals surface area contributed by atoms with Gasteiger partial charge in [-0.15, -0.1) is 0 Å². The number of hydrogen-bond donors (Lipinski definition) is 1. The van der Waals surface area contributed by atoms with Crippen LogP contribution < -0.4 is 5.32 Å². The number of alkyl halides is 2. The zero-order valence-corrected chi connectivity index (χ0v) is 6.45. The summed E-state index contributed by atoms with van der Waals surface area (Å²) in [6.45, 7) is 2.96. The van der Waals surface area contributed by atoms with Gasteiger partial charge in [-0.3, -0.25) is 5.32 Å². The van der Waals surface area contributed by atoms with Gasteiger partial charge >= 0.3 is 0 Å². The molecule has 0 heterocycles. The van der Waals surface area contributed by atoms with Gasteiger partial charge in [0.2, 0.25) is 0 Å². The van der Waals surface area contributed by atoms with Gasteiger partial charge < -0.3 is 0 Å². The summed E-state index contributed by atoms with van der Waals surface area (Å²) in [6.07, 6.45) is 0. The molecule has 0 fully saturated rings. The first-order chi connectivity index (χ1) is 2.77. The monoisotopic (exact) mass is 219 g/mol. The first kappa shape index (κ1) is 6.98. The molecule has 0 aliphatic heterocycles. The summed E-state index contributed by atoms with van der Waals surface area (Å²) >= 11 is 7.55. The second-order valence-electron chi connectivity index (χ2n) is 0.858. The summed E-state index contributed by atoms with van der Waals surface area (Å²) in [6, 6.07) is 0. The molecule has 0 aromatic heterocycles. The van der Waals surface area contributed by atoms with Crippen LogP contribution in [0, 0.1) is 0 Å². The smallest absolute Gasteiger partial charge is 0.135 e. The molecule has 0 aromatic rings. The molecule has 0 bridgehead atoms. The van der Waals surface area contributed by atoms with E-state index < -0.39 is 0 Å². The molecule has 0 amide bonds. The molecule has 6 heavy (non-hydrogen) atoms. The summed E-state index contributed by atoms with van der Waals surface area (Å²) in [5.41, 5.74) is 0. The number of nitrogens with one attached hydrogen (secondary N) is 1. The maximum Gasteiger partial charge on any atom is 0.135 e. The van der Waals surface area contributed by atoms with Gasteiger partial charge in [0.05, 0.1) is 0 Å². The Bertz CT molecular complexity index is 32.0. The minimum Gasteiger partial charge on any atom is -0.293 e. The van der Waals surface area contributed by atoms with Crippen LogP contribution in [0.25, 0.3) is 0 Å². The van der Waals surface area contributed by atoms with E-state index in [1.165, 1.54) is 0 Å². The van der Waals surface area contributed by atoms with Crippen LogP contribution in [-0.4, -0.2) is 10.1 Å². The number of halogens is 2. The highest BCUT2D eigenvalue weighted by molar-refractivity contribution is 14.1. The van der Waals surface area contributed by atoms with Crippen molar-refractivity contribution in [2.45, 2.75) is 10.4 Å². The van der Waals surface area contributed by atoms with Crippen molar-refractivity contribution < 1.29 is 0 Å². The van der Waals surface area contributed by atoms with Crippen LogP contribution in [0.2, 0.25) is 0 Å². The molecule has 1 atom stereocenters. The highest BCUT2D eigenvalue weighted by Crippen LogP contribution is 1.98. The van der Waals surface area contributed by atoms with Gasteiger partial charge in [-0.25, -0.2) is 0 Å². The third kappa shape index (κ3) is 4.98. The van der Waals surface area contributed by atoms with E-state index in [0.717, 1.165) is 6.54 Å². The minimum absolute atomic E-state index is 0.0904. The summed E-state index contributed by atoms with van der Waals surface area (Å²) < 4.78 is 0.0904. The molecule has 38 valence electrons. The van der Waals surface area contributed by atoms with Gasteiger partial charge in [0.15, 0.2) is 0 Å². The van der Waals surface area contributed by atoms with E-state index in [1.54, 1.807) is 0 Å². The topological polar surface area (TPSA) is 12.0 Å². The lowest BCUT2D eigenvalue weighted by Crippen LogP contribution is -2.15. The third-order valence-corrected chi connectivity index (χ3v) is 0.953. The molecular weight excluding hydrogens is 212 g/mol. The molecule has 1 nitrogen and oxygen atoms in total. The Labute approximate surface area is 56.6 Å². The molecule has 0 aliphatic carbocycles. The Morgan fingerprint density at radius 1 is 2.00 bits per heavy atom. The van der Waals surface area contributed by atoms with E-state index in [2.05, 4.69) is 27.9 Å². The normalized spacial score (nSPS) is 14.5. The Morgan fingerprint density at radius 3 is 2.50 bits per heavy atom. The molecular formula is C3H7ClIN. The Balaban J connectivity index is 2.63. The van der Waals surface area contributed by atoms with Gasteiger partial charge in [-0.2, -0.15) is 0 Å². The van der Waals surface area contributed by atoms with Gasteiger partial charge in [-0.1, -0.05) is 18.5 Å². The zero-order valence-electron chi connectivity index (χ0n) is 3.54. The average Bonchev–Trinajstić information content (AvgIpc) is 1.35. The van der Waals surface area contributed by atoms with Crippen LogP contribution in [0.1, 0.15) is 6.92 Å². The molecule has 1 unspecified atom stereocenters. The SMILES string of the molecule is CCNC(Cl)I. The highest BCUT2D eigenvalue weighted by atomic mass is 127. The second-order valence-corrected chi connectivity index (χ2v) is 3.28. The molecule has 0 rings (SSSR count). The van der Waals surface area contributed by atoms with Crippen LogP contribution in [0.5, 0.6) is 0 Å². The van der Waals surface area contributed by atoms with Crippen molar-refractivity contribution >= 4 is 34.2 Å². The fourth-order valence-corrected chi connectivity index (χ4v) is 0.749. The second kappa shape index (κ2) is 4.15. The molecule has 0 radical (unpaired) electrons. The first-order valence-corrected chi connectivity index (χ1v) is 3.47. The van der Waals surface area contributed by atoms with Crippen molar-refractivity contribution in [3.05, 3.63) is 0 Å². The largest absolute Gasteiger partial charge is 0.293 e. The van der Waals surface area contributed by atoms with Crippen LogP contribution in [0.3, 0.4) is 0 Å². The standard InChI is InChI=1S/C3H7ClIN/c1-2-6-3(4)5/h3,6H,2H2,1H3. The molecule has 0 spiro atoms. The Kier molecular flexibility index (Phi) is 4.82. The summed E-state index contributed by atoms with van der Waals surface area (Å²) in [4.78, 5) is 0. The Morgan fingerprint density at radius 2 is 2.50 bits per heavy atom. The van der Waals surface area contributed by atoms with Crippen molar-refractivity contribution in [3.8, 4) is 0 Å². The molecule has 1 N–H and O–H groups in total. The predicted molar refractivity (Wildman–Crippen MR) is 37.3 cm³/mol. The maximum atomic E-state index is 5.45. The van der Waals surface area contributed by atoms with Gasteiger partial charge in [-0.05, 0) is 29.1 Å². The average molecular weight is 219 g/mol.